The van der Waals surface area contributed by atoms with Crippen molar-refractivity contribution in [2.24, 2.45) is 0 Å². The highest BCUT2D eigenvalue weighted by Gasteiger charge is 2.33. The maximum Gasteiger partial charge on any atom is 0.256 e. The Morgan fingerprint density at radius 3 is 2.28 bits per heavy atom. The number of nitrogens with one attached hydrogen (secondary N) is 2. The van der Waals surface area contributed by atoms with Crippen molar-refractivity contribution >= 4 is 49.9 Å². The lowest BCUT2D eigenvalue weighted by Gasteiger charge is -2.36. The van der Waals surface area contributed by atoms with E-state index in [0.29, 0.717) is 15.6 Å². The van der Waals surface area contributed by atoms with Crippen LogP contribution in [0.2, 0.25) is 0 Å². The lowest BCUT2D eigenvalue weighted by atomic mass is 9.89. The number of rotatable bonds is 6. The summed E-state index contributed by atoms with van der Waals surface area (Å²) < 4.78 is 1.47. The monoisotopic (exact) mass is 591 g/mol. The van der Waals surface area contributed by atoms with Crippen molar-refractivity contribution in [1.29, 1.82) is 0 Å². The van der Waals surface area contributed by atoms with Gasteiger partial charge < -0.3 is 15.5 Å². The summed E-state index contributed by atoms with van der Waals surface area (Å²) in [5.74, 6) is 0.0399. The molecule has 0 bridgehead atoms. The molecule has 2 N–H and O–H groups in total. The van der Waals surface area contributed by atoms with Crippen LogP contribution in [-0.2, 0) is 0 Å². The molecule has 2 fully saturated rings. The molecule has 0 radical (unpaired) electrons. The van der Waals surface area contributed by atoms with E-state index >= 15 is 0 Å². The maximum atomic E-state index is 13.9. The number of piperidine rings is 1. The first-order valence-corrected chi connectivity index (χ1v) is 15.0. The van der Waals surface area contributed by atoms with Crippen LogP contribution in [0.3, 0.4) is 0 Å². The molecule has 1 aliphatic carbocycles. The number of hydrogen-bond acceptors (Lipinski definition) is 3. The molecule has 1 saturated heterocycles. The molecule has 2 atom stereocenters. The fourth-order valence-electron chi connectivity index (χ4n) is 6.04. The topological polar surface area (TPSA) is 61.4 Å². The zero-order valence-electron chi connectivity index (χ0n) is 23.3. The molecular formula is C32H40BrN4O2+. The van der Waals surface area contributed by atoms with Crippen LogP contribution in [0.4, 0.5) is 11.4 Å². The summed E-state index contributed by atoms with van der Waals surface area (Å²) in [6.07, 6.45) is 7.28. The molecule has 0 unspecified atom stereocenters. The molecule has 6 nitrogen and oxygen atoms in total. The van der Waals surface area contributed by atoms with E-state index in [1.54, 1.807) is 0 Å². The lowest BCUT2D eigenvalue weighted by Crippen LogP contribution is -2.49. The van der Waals surface area contributed by atoms with E-state index in [1.165, 1.54) is 6.42 Å². The number of hydrogen-bond donors (Lipinski definition) is 2. The Balaban J connectivity index is 1.46. The second kappa shape index (κ2) is 11.7. The zero-order valence-corrected chi connectivity index (χ0v) is 24.9. The molecule has 0 aromatic heterocycles. The molecule has 0 spiro atoms. The van der Waals surface area contributed by atoms with E-state index in [2.05, 4.69) is 53.8 Å². The van der Waals surface area contributed by atoms with E-state index in [4.69, 9.17) is 0 Å². The molecule has 3 aromatic rings. The van der Waals surface area contributed by atoms with Gasteiger partial charge in [-0.2, -0.15) is 0 Å². The molecule has 2 amide bonds. The minimum atomic E-state index is -0.0438. The van der Waals surface area contributed by atoms with Crippen molar-refractivity contribution < 1.29 is 9.59 Å². The number of carbonyl (C=O) groups excluding carboxylic acids is 2. The van der Waals surface area contributed by atoms with Crippen LogP contribution in [-0.4, -0.2) is 63.0 Å². The molecule has 7 heteroatoms. The van der Waals surface area contributed by atoms with Crippen molar-refractivity contribution in [3.63, 3.8) is 0 Å². The fourth-order valence-corrected chi connectivity index (χ4v) is 6.49. The normalized spacial score (nSPS) is 20.1. The number of nitrogens with zero attached hydrogens (tertiary/aromatic N) is 2. The van der Waals surface area contributed by atoms with E-state index in [9.17, 15) is 9.59 Å². The van der Waals surface area contributed by atoms with Gasteiger partial charge in [0.1, 0.15) is 5.69 Å². The summed E-state index contributed by atoms with van der Waals surface area (Å²) >= 11 is 3.68. The predicted molar refractivity (Wildman–Crippen MR) is 165 cm³/mol. The van der Waals surface area contributed by atoms with Gasteiger partial charge in [0.05, 0.1) is 26.7 Å². The van der Waals surface area contributed by atoms with E-state index in [1.807, 2.05) is 53.4 Å². The highest BCUT2D eigenvalue weighted by Crippen LogP contribution is 2.38. The van der Waals surface area contributed by atoms with Crippen molar-refractivity contribution in [3.05, 3.63) is 70.2 Å². The molecule has 1 heterocycles. The number of likely N-dealkylation sites (tertiary alicyclic amines) is 1. The Morgan fingerprint density at radius 2 is 1.54 bits per heavy atom. The van der Waals surface area contributed by atoms with Gasteiger partial charge in [-0.1, -0.05) is 65.2 Å². The number of halogens is 1. The number of anilines is 1. The highest BCUT2D eigenvalue weighted by molar-refractivity contribution is 9.10. The first-order valence-electron chi connectivity index (χ1n) is 14.2. The van der Waals surface area contributed by atoms with Crippen molar-refractivity contribution in [3.8, 4) is 0 Å². The maximum absolute atomic E-state index is 13.9. The summed E-state index contributed by atoms with van der Waals surface area (Å²) in [6, 6.07) is 18.0. The standard InChI is InChI=1S/C32H39BrN4O2/c1-37(2,3)29-21-23(33)20-26(32(39)36-18-9-4-10-19-36)30(29)34-27-16-7-8-17-28(27)35-31(38)25-15-11-13-22-12-5-6-14-24(22)25/h5-6,11-15,20-21,27-28H,4,7-10,16-19H2,1-3H3,(H-,34,35,38,39)/p+1/t27-,28+/m1/s1. The van der Waals surface area contributed by atoms with Crippen molar-refractivity contribution in [1.82, 2.24) is 14.7 Å². The van der Waals surface area contributed by atoms with Gasteiger partial charge in [0.2, 0.25) is 0 Å². The largest absolute Gasteiger partial charge is 0.375 e. The fraction of sp³-hybridized carbons (Fsp3) is 0.438. The predicted octanol–water partition coefficient (Wildman–Crippen LogP) is 6.58. The van der Waals surface area contributed by atoms with Gasteiger partial charge in [-0.15, -0.1) is 0 Å². The van der Waals surface area contributed by atoms with Crippen LogP contribution in [0.15, 0.2) is 59.1 Å². The quantitative estimate of drug-likeness (QED) is 0.318. The van der Waals surface area contributed by atoms with Gasteiger partial charge in [-0.3, -0.25) is 14.1 Å². The SMILES string of the molecule is C[N+](C)(C)c1cc(Br)cc(C(=O)N2CCCCC2)c1N[C@@H]1CCCC[C@@H]1NC(=O)c1cccc2ccccc12. The number of benzene rings is 3. The van der Waals surface area contributed by atoms with Crippen molar-refractivity contribution in [2.75, 3.05) is 39.5 Å². The molecule has 39 heavy (non-hydrogen) atoms. The minimum Gasteiger partial charge on any atom is -0.375 e. The van der Waals surface area contributed by atoms with E-state index in [-0.39, 0.29) is 23.9 Å². The molecule has 3 aromatic carbocycles. The summed E-state index contributed by atoms with van der Waals surface area (Å²) in [5.41, 5.74) is 3.35. The van der Waals surface area contributed by atoms with Crippen molar-refractivity contribution in [2.45, 2.75) is 57.0 Å². The van der Waals surface area contributed by atoms with Crippen LogP contribution in [0.25, 0.3) is 10.8 Å². The zero-order chi connectivity index (χ0) is 27.6. The summed E-state index contributed by atoms with van der Waals surface area (Å²) in [6.45, 7) is 1.61. The van der Waals surface area contributed by atoms with Crippen LogP contribution in [0.1, 0.15) is 65.7 Å². The third-order valence-electron chi connectivity index (χ3n) is 8.13. The second-order valence-corrected chi connectivity index (χ2v) is 12.8. The Hall–Kier alpha value is -2.90. The number of carbonyl (C=O) groups is 2. The Kier molecular flexibility index (Phi) is 8.29. The number of quaternary nitrogens is 1. The number of fused-ring (bicyclic) bond motifs is 1. The highest BCUT2D eigenvalue weighted by atomic mass is 79.9. The Morgan fingerprint density at radius 1 is 0.846 bits per heavy atom. The van der Waals surface area contributed by atoms with Crippen LogP contribution in [0.5, 0.6) is 0 Å². The van der Waals surface area contributed by atoms with Gasteiger partial charge in [-0.25, -0.2) is 0 Å². The lowest BCUT2D eigenvalue weighted by molar-refractivity contribution is 0.0724. The van der Waals surface area contributed by atoms with Gasteiger partial charge in [0.15, 0.2) is 5.69 Å². The summed E-state index contributed by atoms with van der Waals surface area (Å²) in [4.78, 5) is 29.4. The van der Waals surface area contributed by atoms with Gasteiger partial charge in [0.25, 0.3) is 11.8 Å². The van der Waals surface area contributed by atoms with Gasteiger partial charge >= 0.3 is 0 Å². The third kappa shape index (κ3) is 6.15. The first-order chi connectivity index (χ1) is 18.7. The first kappa shape index (κ1) is 27.7. The van der Waals surface area contributed by atoms with Crippen LogP contribution in [0, 0.1) is 0 Å². The van der Waals surface area contributed by atoms with Crippen LogP contribution >= 0.6 is 15.9 Å². The molecule has 2 aliphatic rings. The molecular weight excluding hydrogens is 552 g/mol. The number of amides is 2. The molecule has 5 rings (SSSR count). The second-order valence-electron chi connectivity index (χ2n) is 11.9. The smallest absolute Gasteiger partial charge is 0.256 e. The minimum absolute atomic E-state index is 0.0251. The van der Waals surface area contributed by atoms with Gasteiger partial charge in [0, 0.05) is 41.3 Å². The van der Waals surface area contributed by atoms with E-state index in [0.717, 1.165) is 78.2 Å². The van der Waals surface area contributed by atoms with E-state index < -0.39 is 0 Å². The summed E-state index contributed by atoms with van der Waals surface area (Å²) in [7, 11) is 6.38. The average molecular weight is 593 g/mol. The molecule has 206 valence electrons. The Bertz CT molecular complexity index is 1350. The Labute approximate surface area is 240 Å². The average Bonchev–Trinajstić information content (AvgIpc) is 2.94. The summed E-state index contributed by atoms with van der Waals surface area (Å²) in [5, 5.41) is 9.21. The molecule has 1 aliphatic heterocycles. The molecule has 1 saturated carbocycles. The van der Waals surface area contributed by atoms with Crippen LogP contribution < -0.4 is 15.1 Å². The third-order valence-corrected chi connectivity index (χ3v) is 8.58. The van der Waals surface area contributed by atoms with Gasteiger partial charge in [-0.05, 0) is 55.0 Å².